The summed E-state index contributed by atoms with van der Waals surface area (Å²) in [5, 5.41) is 2.91. The second-order valence-electron chi connectivity index (χ2n) is 3.02. The highest BCUT2D eigenvalue weighted by atomic mass is 79.9. The van der Waals surface area contributed by atoms with Gasteiger partial charge in [-0.25, -0.2) is 0 Å². The normalized spacial score (nSPS) is 9.73. The van der Waals surface area contributed by atoms with Gasteiger partial charge < -0.3 is 5.32 Å². The second-order valence-corrected chi connectivity index (χ2v) is 3.58. The SMILES string of the molecule is CC(=O)NCc1ccnc(C(=O)CBr)c1. The molecule has 0 saturated carbocycles. The van der Waals surface area contributed by atoms with Gasteiger partial charge in [-0.05, 0) is 17.7 Å². The summed E-state index contributed by atoms with van der Waals surface area (Å²) >= 11 is 3.08. The largest absolute Gasteiger partial charge is 0.352 e. The standard InChI is InChI=1S/C10H11BrN2O2/c1-7(14)13-6-8-2-3-12-9(4-8)10(15)5-11/h2-4H,5-6H2,1H3,(H,13,14). The van der Waals surface area contributed by atoms with Crippen LogP contribution in [0, 0.1) is 0 Å². The molecule has 0 atom stereocenters. The number of aromatic nitrogens is 1. The van der Waals surface area contributed by atoms with Gasteiger partial charge in [0, 0.05) is 19.7 Å². The van der Waals surface area contributed by atoms with E-state index in [4.69, 9.17) is 0 Å². The maximum Gasteiger partial charge on any atom is 0.217 e. The van der Waals surface area contributed by atoms with E-state index in [0.29, 0.717) is 12.2 Å². The number of nitrogens with zero attached hydrogens (tertiary/aromatic N) is 1. The molecule has 5 heteroatoms. The molecule has 0 saturated heterocycles. The van der Waals surface area contributed by atoms with Crippen LogP contribution in [0.3, 0.4) is 0 Å². The highest BCUT2D eigenvalue weighted by molar-refractivity contribution is 9.09. The molecule has 15 heavy (non-hydrogen) atoms. The maximum atomic E-state index is 11.3. The summed E-state index contributed by atoms with van der Waals surface area (Å²) in [6.07, 6.45) is 1.56. The molecule has 0 aliphatic heterocycles. The molecule has 0 bridgehead atoms. The highest BCUT2D eigenvalue weighted by Crippen LogP contribution is 2.04. The molecule has 0 unspecified atom stereocenters. The number of ketones is 1. The summed E-state index contributed by atoms with van der Waals surface area (Å²) in [6.45, 7) is 1.87. The fourth-order valence-electron chi connectivity index (χ4n) is 1.03. The maximum absolute atomic E-state index is 11.3. The van der Waals surface area contributed by atoms with Crippen molar-refractivity contribution in [2.24, 2.45) is 0 Å². The van der Waals surface area contributed by atoms with Crippen LogP contribution in [0.25, 0.3) is 0 Å². The van der Waals surface area contributed by atoms with Crippen LogP contribution in [-0.4, -0.2) is 22.0 Å². The summed E-state index contributed by atoms with van der Waals surface area (Å²) in [7, 11) is 0. The molecule has 1 amide bonds. The number of rotatable bonds is 4. The minimum Gasteiger partial charge on any atom is -0.352 e. The monoisotopic (exact) mass is 270 g/mol. The van der Waals surface area contributed by atoms with Crippen LogP contribution in [0.4, 0.5) is 0 Å². The van der Waals surface area contributed by atoms with Crippen molar-refractivity contribution in [3.8, 4) is 0 Å². The molecule has 4 nitrogen and oxygen atoms in total. The summed E-state index contributed by atoms with van der Waals surface area (Å²) in [5.74, 6) is -0.167. The van der Waals surface area contributed by atoms with Gasteiger partial charge in [0.05, 0.1) is 5.33 Å². The predicted molar refractivity (Wildman–Crippen MR) is 59.9 cm³/mol. The van der Waals surface area contributed by atoms with Gasteiger partial charge in [0.25, 0.3) is 0 Å². The molecule has 1 heterocycles. The Morgan fingerprint density at radius 2 is 2.27 bits per heavy atom. The van der Waals surface area contributed by atoms with Crippen molar-refractivity contribution in [2.75, 3.05) is 5.33 Å². The quantitative estimate of drug-likeness (QED) is 0.663. The van der Waals surface area contributed by atoms with Crippen molar-refractivity contribution < 1.29 is 9.59 Å². The summed E-state index contributed by atoms with van der Waals surface area (Å²) in [6, 6.07) is 3.44. The zero-order valence-electron chi connectivity index (χ0n) is 8.29. The Kier molecular flexibility index (Phi) is 4.42. The van der Waals surface area contributed by atoms with Gasteiger partial charge in [-0.2, -0.15) is 0 Å². The zero-order valence-corrected chi connectivity index (χ0v) is 9.87. The molecule has 0 aliphatic rings. The molecule has 0 fully saturated rings. The average molecular weight is 271 g/mol. The zero-order chi connectivity index (χ0) is 11.3. The van der Waals surface area contributed by atoms with Crippen molar-refractivity contribution >= 4 is 27.6 Å². The minimum absolute atomic E-state index is 0.0697. The van der Waals surface area contributed by atoms with E-state index in [9.17, 15) is 9.59 Å². The van der Waals surface area contributed by atoms with Crippen LogP contribution in [0.5, 0.6) is 0 Å². The number of pyridine rings is 1. The van der Waals surface area contributed by atoms with Crippen molar-refractivity contribution in [1.29, 1.82) is 0 Å². The number of amides is 1. The van der Waals surface area contributed by atoms with Crippen LogP contribution in [0.2, 0.25) is 0 Å². The summed E-state index contributed by atoms with van der Waals surface area (Å²) in [4.78, 5) is 25.9. The first kappa shape index (κ1) is 11.8. The Labute approximate surface area is 96.2 Å². The molecular formula is C10H11BrN2O2. The molecule has 1 aromatic heterocycles. The lowest BCUT2D eigenvalue weighted by Gasteiger charge is -2.03. The van der Waals surface area contributed by atoms with E-state index >= 15 is 0 Å². The van der Waals surface area contributed by atoms with Crippen LogP contribution >= 0.6 is 15.9 Å². The van der Waals surface area contributed by atoms with Crippen molar-refractivity contribution in [3.05, 3.63) is 29.6 Å². The van der Waals surface area contributed by atoms with Gasteiger partial charge in [-0.15, -0.1) is 0 Å². The Morgan fingerprint density at radius 1 is 1.53 bits per heavy atom. The van der Waals surface area contributed by atoms with E-state index in [1.165, 1.54) is 6.92 Å². The van der Waals surface area contributed by atoms with E-state index in [0.717, 1.165) is 5.56 Å². The lowest BCUT2D eigenvalue weighted by molar-refractivity contribution is -0.119. The third-order valence-corrected chi connectivity index (χ3v) is 2.28. The number of alkyl halides is 1. The number of carbonyl (C=O) groups excluding carboxylic acids is 2. The first-order valence-electron chi connectivity index (χ1n) is 4.42. The second kappa shape index (κ2) is 5.60. The van der Waals surface area contributed by atoms with Crippen molar-refractivity contribution in [2.45, 2.75) is 13.5 Å². The third kappa shape index (κ3) is 3.79. The number of hydrogen-bond donors (Lipinski definition) is 1. The van der Waals surface area contributed by atoms with Crippen LogP contribution in [0.15, 0.2) is 18.3 Å². The van der Waals surface area contributed by atoms with E-state index in [1.807, 2.05) is 0 Å². The van der Waals surface area contributed by atoms with Gasteiger partial charge in [-0.1, -0.05) is 15.9 Å². The van der Waals surface area contributed by atoms with Gasteiger partial charge in [0.1, 0.15) is 5.69 Å². The Balaban J connectivity index is 2.74. The first-order valence-corrected chi connectivity index (χ1v) is 5.54. The predicted octanol–water partition coefficient (Wildman–Crippen LogP) is 1.30. The number of hydrogen-bond acceptors (Lipinski definition) is 3. The fraction of sp³-hybridized carbons (Fsp3) is 0.300. The molecule has 1 N–H and O–H groups in total. The molecule has 0 spiro atoms. The summed E-state index contributed by atoms with van der Waals surface area (Å²) in [5.41, 5.74) is 1.28. The smallest absolute Gasteiger partial charge is 0.217 e. The first-order chi connectivity index (χ1) is 7.13. The molecule has 1 aromatic rings. The number of nitrogens with one attached hydrogen (secondary N) is 1. The molecule has 80 valence electrons. The Morgan fingerprint density at radius 3 is 2.87 bits per heavy atom. The number of Topliss-reactive ketones (excluding diaryl/α,β-unsaturated/α-hetero) is 1. The third-order valence-electron chi connectivity index (χ3n) is 1.77. The molecule has 0 radical (unpaired) electrons. The lowest BCUT2D eigenvalue weighted by atomic mass is 10.2. The highest BCUT2D eigenvalue weighted by Gasteiger charge is 2.05. The lowest BCUT2D eigenvalue weighted by Crippen LogP contribution is -2.19. The van der Waals surface area contributed by atoms with Gasteiger partial charge in [0.2, 0.25) is 5.91 Å². The molecule has 1 rings (SSSR count). The topological polar surface area (TPSA) is 59.1 Å². The minimum atomic E-state index is -0.0971. The van der Waals surface area contributed by atoms with Gasteiger partial charge in [-0.3, -0.25) is 14.6 Å². The average Bonchev–Trinajstić information content (AvgIpc) is 2.25. The number of halogens is 1. The van der Waals surface area contributed by atoms with Crippen LogP contribution in [0.1, 0.15) is 23.0 Å². The molecular weight excluding hydrogens is 260 g/mol. The van der Waals surface area contributed by atoms with Crippen molar-refractivity contribution in [1.82, 2.24) is 10.3 Å². The van der Waals surface area contributed by atoms with E-state index in [2.05, 4.69) is 26.2 Å². The van der Waals surface area contributed by atoms with Crippen LogP contribution < -0.4 is 5.32 Å². The Hall–Kier alpha value is -1.23. The van der Waals surface area contributed by atoms with Crippen molar-refractivity contribution in [3.63, 3.8) is 0 Å². The van der Waals surface area contributed by atoms with E-state index < -0.39 is 0 Å². The van der Waals surface area contributed by atoms with E-state index in [1.54, 1.807) is 18.3 Å². The summed E-state index contributed by atoms with van der Waals surface area (Å²) < 4.78 is 0. The molecule has 0 aliphatic carbocycles. The van der Waals surface area contributed by atoms with Gasteiger partial charge >= 0.3 is 0 Å². The van der Waals surface area contributed by atoms with Crippen LogP contribution in [-0.2, 0) is 11.3 Å². The fourth-order valence-corrected chi connectivity index (χ4v) is 1.32. The number of carbonyl (C=O) groups is 2. The molecule has 0 aromatic carbocycles. The van der Waals surface area contributed by atoms with Gasteiger partial charge in [0.15, 0.2) is 5.78 Å². The van der Waals surface area contributed by atoms with E-state index in [-0.39, 0.29) is 17.0 Å². The Bertz CT molecular complexity index is 379.